The lowest BCUT2D eigenvalue weighted by Crippen LogP contribution is -2.06. The van der Waals surface area contributed by atoms with E-state index < -0.39 is 11.6 Å². The Hall–Kier alpha value is -0.840. The van der Waals surface area contributed by atoms with Gasteiger partial charge in [-0.2, -0.15) is 0 Å². The first-order valence-corrected chi connectivity index (χ1v) is 6.71. The number of hydrogen-bond acceptors (Lipinski definition) is 2. The van der Waals surface area contributed by atoms with Crippen LogP contribution in [0.1, 0.15) is 18.5 Å². The van der Waals surface area contributed by atoms with E-state index in [1.165, 1.54) is 17.4 Å². The Morgan fingerprint density at radius 1 is 1.17 bits per heavy atom. The molecule has 18 heavy (non-hydrogen) atoms. The molecule has 96 valence electrons. The Morgan fingerprint density at radius 2 is 1.89 bits per heavy atom. The second kappa shape index (κ2) is 5.43. The normalized spacial score (nSPS) is 12.5. The zero-order valence-corrected chi connectivity index (χ0v) is 11.6. The third-order valence-electron chi connectivity index (χ3n) is 2.45. The van der Waals surface area contributed by atoms with Gasteiger partial charge in [0.15, 0.2) is 11.6 Å². The molecule has 2 aromatic rings. The van der Waals surface area contributed by atoms with E-state index in [1.807, 2.05) is 6.92 Å². The van der Waals surface area contributed by atoms with Crippen molar-refractivity contribution in [2.75, 3.05) is 5.32 Å². The molecule has 0 saturated heterocycles. The second-order valence-corrected chi connectivity index (χ2v) is 6.06. The van der Waals surface area contributed by atoms with Gasteiger partial charge in [0.25, 0.3) is 0 Å². The number of anilines is 1. The summed E-state index contributed by atoms with van der Waals surface area (Å²) in [6, 6.07) is 5.26. The van der Waals surface area contributed by atoms with Gasteiger partial charge in [-0.15, -0.1) is 11.3 Å². The minimum atomic E-state index is -0.887. The Labute approximate surface area is 117 Å². The smallest absolute Gasteiger partial charge is 0.160 e. The fourth-order valence-corrected chi connectivity index (χ4v) is 3.21. The summed E-state index contributed by atoms with van der Waals surface area (Å²) in [6.07, 6.45) is 0. The van der Waals surface area contributed by atoms with Gasteiger partial charge in [0.2, 0.25) is 0 Å². The number of rotatable bonds is 3. The topological polar surface area (TPSA) is 12.0 Å². The molecule has 0 fully saturated rings. The number of thiophene rings is 1. The summed E-state index contributed by atoms with van der Waals surface area (Å²) in [6.45, 7) is 1.87. The van der Waals surface area contributed by atoms with Crippen LogP contribution in [0.15, 0.2) is 24.3 Å². The predicted octanol–water partition coefficient (Wildman–Crippen LogP) is 5.51. The molecule has 1 atom stereocenters. The molecule has 1 N–H and O–H groups in total. The van der Waals surface area contributed by atoms with E-state index in [1.54, 1.807) is 6.07 Å². The molecule has 6 heteroatoms. The Morgan fingerprint density at radius 3 is 2.44 bits per heavy atom. The average Bonchev–Trinajstić information content (AvgIpc) is 2.63. The van der Waals surface area contributed by atoms with E-state index in [0.29, 0.717) is 14.4 Å². The highest BCUT2D eigenvalue weighted by Gasteiger charge is 2.14. The molecule has 0 radical (unpaired) electrons. The van der Waals surface area contributed by atoms with Crippen LogP contribution in [-0.4, -0.2) is 0 Å². The molecule has 0 saturated carbocycles. The van der Waals surface area contributed by atoms with Crippen LogP contribution in [0.5, 0.6) is 0 Å². The van der Waals surface area contributed by atoms with Crippen LogP contribution in [-0.2, 0) is 0 Å². The van der Waals surface area contributed by atoms with E-state index in [2.05, 4.69) is 5.32 Å². The van der Waals surface area contributed by atoms with Crippen molar-refractivity contribution in [3.8, 4) is 0 Å². The maximum atomic E-state index is 13.1. The molecule has 1 aromatic heterocycles. The van der Waals surface area contributed by atoms with Gasteiger partial charge in [-0.1, -0.05) is 23.2 Å². The Kier molecular flexibility index (Phi) is 4.10. The van der Waals surface area contributed by atoms with Crippen LogP contribution in [0.2, 0.25) is 8.67 Å². The summed E-state index contributed by atoms with van der Waals surface area (Å²) in [4.78, 5) is 0. The summed E-state index contributed by atoms with van der Waals surface area (Å²) in [5.74, 6) is -1.76. The highest BCUT2D eigenvalue weighted by molar-refractivity contribution is 7.20. The molecule has 1 aromatic carbocycles. The third kappa shape index (κ3) is 2.94. The van der Waals surface area contributed by atoms with Gasteiger partial charge in [-0.3, -0.25) is 0 Å². The Balaban J connectivity index is 2.18. The lowest BCUT2D eigenvalue weighted by atomic mass is 10.1. The second-order valence-electron chi connectivity index (χ2n) is 3.77. The van der Waals surface area contributed by atoms with Crippen LogP contribution in [0.4, 0.5) is 14.5 Å². The van der Waals surface area contributed by atoms with Crippen molar-refractivity contribution >= 4 is 40.2 Å². The van der Waals surface area contributed by atoms with Crippen molar-refractivity contribution in [1.29, 1.82) is 0 Å². The maximum Gasteiger partial charge on any atom is 0.160 e. The highest BCUT2D eigenvalue weighted by Crippen LogP contribution is 2.36. The Bertz CT molecular complexity index is 571. The van der Waals surface area contributed by atoms with Gasteiger partial charge in [-0.05, 0) is 25.1 Å². The van der Waals surface area contributed by atoms with Crippen LogP contribution in [0.25, 0.3) is 0 Å². The van der Waals surface area contributed by atoms with Gasteiger partial charge in [0, 0.05) is 17.3 Å². The first-order chi connectivity index (χ1) is 8.47. The molecule has 1 heterocycles. The highest BCUT2D eigenvalue weighted by atomic mass is 35.5. The summed E-state index contributed by atoms with van der Waals surface area (Å²) < 4.78 is 27.0. The average molecular weight is 308 g/mol. The number of halogens is 4. The zero-order chi connectivity index (χ0) is 13.3. The summed E-state index contributed by atoms with van der Waals surface area (Å²) in [7, 11) is 0. The van der Waals surface area contributed by atoms with E-state index in [4.69, 9.17) is 23.2 Å². The van der Waals surface area contributed by atoms with E-state index in [-0.39, 0.29) is 6.04 Å². The standard InChI is InChI=1S/C12H9Cl2F2NS/c1-6(8-5-11(13)18-12(8)14)17-7-2-3-9(15)10(16)4-7/h2-6,17H,1H3. The summed E-state index contributed by atoms with van der Waals surface area (Å²) >= 11 is 13.1. The molecule has 0 spiro atoms. The molecule has 1 unspecified atom stereocenters. The van der Waals surface area contributed by atoms with Crippen molar-refractivity contribution in [2.45, 2.75) is 13.0 Å². The van der Waals surface area contributed by atoms with Gasteiger partial charge >= 0.3 is 0 Å². The van der Waals surface area contributed by atoms with Gasteiger partial charge in [0.1, 0.15) is 0 Å². The lowest BCUT2D eigenvalue weighted by Gasteiger charge is -2.14. The SMILES string of the molecule is CC(Nc1ccc(F)c(F)c1)c1cc(Cl)sc1Cl. The minimum Gasteiger partial charge on any atom is -0.378 e. The number of benzene rings is 1. The van der Waals surface area contributed by atoms with Crippen molar-refractivity contribution in [2.24, 2.45) is 0 Å². The first-order valence-electron chi connectivity index (χ1n) is 5.13. The van der Waals surface area contributed by atoms with Crippen LogP contribution < -0.4 is 5.32 Å². The van der Waals surface area contributed by atoms with Crippen molar-refractivity contribution in [3.63, 3.8) is 0 Å². The van der Waals surface area contributed by atoms with E-state index in [0.717, 1.165) is 17.7 Å². The van der Waals surface area contributed by atoms with Crippen molar-refractivity contribution in [1.82, 2.24) is 0 Å². The summed E-state index contributed by atoms with van der Waals surface area (Å²) in [5.41, 5.74) is 1.32. The number of nitrogens with one attached hydrogen (secondary N) is 1. The minimum absolute atomic E-state index is 0.147. The molecule has 2 rings (SSSR count). The van der Waals surface area contributed by atoms with E-state index >= 15 is 0 Å². The van der Waals surface area contributed by atoms with Crippen molar-refractivity contribution in [3.05, 3.63) is 50.1 Å². The molecule has 0 aliphatic carbocycles. The van der Waals surface area contributed by atoms with Crippen LogP contribution in [0, 0.1) is 11.6 Å². The van der Waals surface area contributed by atoms with Gasteiger partial charge in [-0.25, -0.2) is 8.78 Å². The van der Waals surface area contributed by atoms with Crippen LogP contribution in [0.3, 0.4) is 0 Å². The molecular formula is C12H9Cl2F2NS. The third-order valence-corrected chi connectivity index (χ3v) is 3.97. The first kappa shape index (κ1) is 13.6. The van der Waals surface area contributed by atoms with Crippen molar-refractivity contribution < 1.29 is 8.78 Å². The monoisotopic (exact) mass is 307 g/mol. The molecule has 0 aliphatic heterocycles. The molecule has 1 nitrogen and oxygen atoms in total. The quantitative estimate of drug-likeness (QED) is 0.788. The van der Waals surface area contributed by atoms with Gasteiger partial charge in [0.05, 0.1) is 14.7 Å². The van der Waals surface area contributed by atoms with Gasteiger partial charge < -0.3 is 5.32 Å². The largest absolute Gasteiger partial charge is 0.378 e. The zero-order valence-electron chi connectivity index (χ0n) is 9.31. The molecule has 0 amide bonds. The van der Waals surface area contributed by atoms with E-state index in [9.17, 15) is 8.78 Å². The maximum absolute atomic E-state index is 13.1. The van der Waals surface area contributed by atoms with Crippen LogP contribution >= 0.6 is 34.5 Å². The fraction of sp³-hybridized carbons (Fsp3) is 0.167. The molecule has 0 aliphatic rings. The summed E-state index contributed by atoms with van der Waals surface area (Å²) in [5, 5.41) is 3.04. The fourth-order valence-electron chi connectivity index (χ4n) is 1.56. The lowest BCUT2D eigenvalue weighted by molar-refractivity contribution is 0.509. The molecule has 0 bridgehead atoms. The molecular weight excluding hydrogens is 299 g/mol. The predicted molar refractivity (Wildman–Crippen MR) is 72.7 cm³/mol. The number of hydrogen-bond donors (Lipinski definition) is 1.